The Morgan fingerprint density at radius 2 is 1.96 bits per heavy atom. The Kier molecular flexibility index (Phi) is 4.49. The molecule has 6 heteroatoms. The first-order chi connectivity index (χ1) is 12.6. The number of anilines is 1. The van der Waals surface area contributed by atoms with Gasteiger partial charge in [0, 0.05) is 17.7 Å². The Morgan fingerprint density at radius 1 is 1.15 bits per heavy atom. The predicted molar refractivity (Wildman–Crippen MR) is 103 cm³/mol. The molecule has 1 atom stereocenters. The van der Waals surface area contributed by atoms with E-state index in [0.29, 0.717) is 29.5 Å². The van der Waals surface area contributed by atoms with E-state index >= 15 is 0 Å². The van der Waals surface area contributed by atoms with Crippen LogP contribution in [-0.2, 0) is 17.6 Å². The lowest BCUT2D eigenvalue weighted by atomic mass is 9.99. The van der Waals surface area contributed by atoms with Crippen molar-refractivity contribution in [1.29, 1.82) is 0 Å². The van der Waals surface area contributed by atoms with Crippen molar-refractivity contribution in [3.63, 3.8) is 0 Å². The van der Waals surface area contributed by atoms with Crippen LogP contribution in [0.1, 0.15) is 29.4 Å². The summed E-state index contributed by atoms with van der Waals surface area (Å²) in [5.74, 6) is 0.720. The van der Waals surface area contributed by atoms with E-state index in [1.165, 1.54) is 0 Å². The summed E-state index contributed by atoms with van der Waals surface area (Å²) in [6.45, 7) is 0. The first-order valence-electron chi connectivity index (χ1n) is 8.58. The van der Waals surface area contributed by atoms with Crippen molar-refractivity contribution in [2.45, 2.75) is 25.3 Å². The maximum atomic E-state index is 11.5. The van der Waals surface area contributed by atoms with Gasteiger partial charge in [0.2, 0.25) is 5.91 Å². The third kappa shape index (κ3) is 3.36. The van der Waals surface area contributed by atoms with Gasteiger partial charge >= 0.3 is 0 Å². The number of aryl methyl sites for hydroxylation is 1. The molecule has 5 nitrogen and oxygen atoms in total. The second-order valence-corrected chi connectivity index (χ2v) is 6.88. The standard InChI is InChI=1S/C20H19ClN4O/c21-19-18(14-6-8-16-13(11-14)7-9-17(26)23-16)24-20(25-19)15(22)10-12-4-2-1-3-5-12/h1-6,8,11,15H,7,9-10,22H2,(H,23,26)(H,24,25)/t15-/m0/s1. The fourth-order valence-electron chi connectivity index (χ4n) is 3.23. The molecule has 4 N–H and O–H groups in total. The molecule has 3 aromatic rings. The van der Waals surface area contributed by atoms with Gasteiger partial charge in [-0.3, -0.25) is 4.79 Å². The fourth-order valence-corrected chi connectivity index (χ4v) is 3.48. The lowest BCUT2D eigenvalue weighted by Crippen LogP contribution is -2.18. The number of nitrogens with two attached hydrogens (primary N) is 1. The first kappa shape index (κ1) is 16.8. The molecule has 4 rings (SSSR count). The smallest absolute Gasteiger partial charge is 0.224 e. The summed E-state index contributed by atoms with van der Waals surface area (Å²) in [4.78, 5) is 19.2. The monoisotopic (exact) mass is 366 g/mol. The molecule has 0 saturated heterocycles. The molecule has 2 aromatic carbocycles. The van der Waals surface area contributed by atoms with Crippen LogP contribution in [0.25, 0.3) is 11.3 Å². The minimum atomic E-state index is -0.263. The van der Waals surface area contributed by atoms with Gasteiger partial charge in [0.25, 0.3) is 0 Å². The molecule has 1 amide bonds. The number of hydrogen-bond donors (Lipinski definition) is 3. The van der Waals surface area contributed by atoms with Crippen molar-refractivity contribution in [2.75, 3.05) is 5.32 Å². The van der Waals surface area contributed by atoms with E-state index in [9.17, 15) is 4.79 Å². The second-order valence-electron chi connectivity index (χ2n) is 6.50. The van der Waals surface area contributed by atoms with Gasteiger partial charge in [0.1, 0.15) is 16.7 Å². The SMILES string of the molecule is N[C@@H](Cc1ccccc1)c1nc(-c2ccc3c(c2)CCC(=O)N3)c(Cl)[nH]1. The van der Waals surface area contributed by atoms with Gasteiger partial charge < -0.3 is 16.0 Å². The maximum Gasteiger partial charge on any atom is 0.224 e. The van der Waals surface area contributed by atoms with Crippen molar-refractivity contribution < 1.29 is 4.79 Å². The van der Waals surface area contributed by atoms with Gasteiger partial charge in [-0.15, -0.1) is 0 Å². The zero-order chi connectivity index (χ0) is 18.1. The average Bonchev–Trinajstić information content (AvgIpc) is 3.04. The lowest BCUT2D eigenvalue weighted by Gasteiger charge is -2.17. The topological polar surface area (TPSA) is 83.8 Å². The maximum absolute atomic E-state index is 11.5. The van der Waals surface area contributed by atoms with Crippen LogP contribution in [0.2, 0.25) is 5.15 Å². The number of imidazole rings is 1. The Labute approximate surface area is 156 Å². The number of nitrogens with zero attached hydrogens (tertiary/aromatic N) is 1. The molecule has 0 radical (unpaired) electrons. The zero-order valence-corrected chi connectivity index (χ0v) is 14.9. The Bertz CT molecular complexity index is 952. The van der Waals surface area contributed by atoms with Crippen molar-refractivity contribution in [1.82, 2.24) is 9.97 Å². The molecular formula is C20H19ClN4O. The fraction of sp³-hybridized carbons (Fsp3) is 0.200. The second kappa shape index (κ2) is 6.94. The number of halogens is 1. The number of H-pyrrole nitrogens is 1. The van der Waals surface area contributed by atoms with Crippen molar-refractivity contribution in [3.05, 3.63) is 70.6 Å². The normalized spacial score (nSPS) is 14.6. The zero-order valence-electron chi connectivity index (χ0n) is 14.1. The number of rotatable bonds is 4. The van der Waals surface area contributed by atoms with Gasteiger partial charge in [0.15, 0.2) is 0 Å². The quantitative estimate of drug-likeness (QED) is 0.655. The Balaban J connectivity index is 1.59. The van der Waals surface area contributed by atoms with E-state index in [0.717, 1.165) is 28.8 Å². The van der Waals surface area contributed by atoms with Crippen molar-refractivity contribution >= 4 is 23.2 Å². The van der Waals surface area contributed by atoms with Crippen LogP contribution in [0, 0.1) is 0 Å². The molecule has 0 spiro atoms. The summed E-state index contributed by atoms with van der Waals surface area (Å²) in [5, 5.41) is 3.36. The summed E-state index contributed by atoms with van der Waals surface area (Å²) in [6, 6.07) is 15.6. The number of hydrogen-bond acceptors (Lipinski definition) is 3. The van der Waals surface area contributed by atoms with Crippen LogP contribution >= 0.6 is 11.6 Å². The minimum absolute atomic E-state index is 0.0530. The molecule has 0 fully saturated rings. The largest absolute Gasteiger partial charge is 0.331 e. The van der Waals surface area contributed by atoms with Crippen LogP contribution in [0.4, 0.5) is 5.69 Å². The number of nitrogens with one attached hydrogen (secondary N) is 2. The molecule has 1 aliphatic rings. The van der Waals surface area contributed by atoms with Gasteiger partial charge in [-0.1, -0.05) is 48.0 Å². The molecule has 0 aliphatic carbocycles. The van der Waals surface area contributed by atoms with E-state index in [1.54, 1.807) is 0 Å². The average molecular weight is 367 g/mol. The molecule has 132 valence electrons. The van der Waals surface area contributed by atoms with Crippen molar-refractivity contribution in [3.8, 4) is 11.3 Å². The van der Waals surface area contributed by atoms with E-state index in [2.05, 4.69) is 15.3 Å². The number of fused-ring (bicyclic) bond motifs is 1. The highest BCUT2D eigenvalue weighted by Gasteiger charge is 2.19. The predicted octanol–water partition coefficient (Wildman–Crippen LogP) is 3.86. The molecule has 0 unspecified atom stereocenters. The Hall–Kier alpha value is -2.63. The summed E-state index contributed by atoms with van der Waals surface area (Å²) in [6.07, 6.45) is 1.90. The minimum Gasteiger partial charge on any atom is -0.331 e. The molecular weight excluding hydrogens is 348 g/mol. The third-order valence-corrected chi connectivity index (χ3v) is 4.88. The highest BCUT2D eigenvalue weighted by molar-refractivity contribution is 6.31. The summed E-state index contributed by atoms with van der Waals surface area (Å²) in [5.41, 5.74) is 11.0. The van der Waals surface area contributed by atoms with Crippen molar-refractivity contribution in [2.24, 2.45) is 5.73 Å². The van der Waals surface area contributed by atoms with E-state index in [1.807, 2.05) is 48.5 Å². The van der Waals surface area contributed by atoms with Gasteiger partial charge in [-0.05, 0) is 36.1 Å². The highest BCUT2D eigenvalue weighted by atomic mass is 35.5. The first-order valence-corrected chi connectivity index (χ1v) is 8.96. The van der Waals surface area contributed by atoms with E-state index < -0.39 is 0 Å². The van der Waals surface area contributed by atoms with Gasteiger partial charge in [-0.2, -0.15) is 0 Å². The Morgan fingerprint density at radius 3 is 2.77 bits per heavy atom. The molecule has 2 heterocycles. The van der Waals surface area contributed by atoms with Crippen LogP contribution in [-0.4, -0.2) is 15.9 Å². The number of amides is 1. The molecule has 1 aromatic heterocycles. The van der Waals surface area contributed by atoms with Crippen LogP contribution in [0.5, 0.6) is 0 Å². The molecule has 1 aliphatic heterocycles. The number of benzene rings is 2. The third-order valence-electron chi connectivity index (χ3n) is 4.60. The number of aromatic amines is 1. The molecule has 0 saturated carbocycles. The number of carbonyl (C=O) groups excluding carboxylic acids is 1. The van der Waals surface area contributed by atoms with Crippen LogP contribution < -0.4 is 11.1 Å². The highest BCUT2D eigenvalue weighted by Crippen LogP contribution is 2.32. The van der Waals surface area contributed by atoms with Crippen LogP contribution in [0.15, 0.2) is 48.5 Å². The number of aromatic nitrogens is 2. The molecule has 0 bridgehead atoms. The number of carbonyl (C=O) groups is 1. The summed E-state index contributed by atoms with van der Waals surface area (Å²) < 4.78 is 0. The summed E-state index contributed by atoms with van der Waals surface area (Å²) >= 11 is 6.39. The molecule has 26 heavy (non-hydrogen) atoms. The van der Waals surface area contributed by atoms with Crippen LogP contribution in [0.3, 0.4) is 0 Å². The van der Waals surface area contributed by atoms with Gasteiger partial charge in [0.05, 0.1) is 6.04 Å². The summed E-state index contributed by atoms with van der Waals surface area (Å²) in [7, 11) is 0. The lowest BCUT2D eigenvalue weighted by molar-refractivity contribution is -0.116. The van der Waals surface area contributed by atoms with E-state index in [4.69, 9.17) is 17.3 Å². The van der Waals surface area contributed by atoms with Gasteiger partial charge in [-0.25, -0.2) is 4.98 Å². The van der Waals surface area contributed by atoms with E-state index in [-0.39, 0.29) is 11.9 Å².